The second-order valence-corrected chi connectivity index (χ2v) is 9.77. The van der Waals surface area contributed by atoms with E-state index in [1.165, 1.54) is 23.1 Å². The molecule has 1 aliphatic heterocycles. The SMILES string of the molecule is Cn1cnc(N2C(=O)c3c(Cl)ccc(N[S+]([O-])c4ccc(C(C)(C)C)cc4)c3C2=O)n1. The van der Waals surface area contributed by atoms with Gasteiger partial charge in [-0.3, -0.25) is 14.3 Å². The van der Waals surface area contributed by atoms with Crippen LogP contribution in [0.3, 0.4) is 0 Å². The zero-order chi connectivity index (χ0) is 22.5. The molecule has 1 unspecified atom stereocenters. The number of fused-ring (bicyclic) bond motifs is 1. The molecule has 0 bridgehead atoms. The maximum atomic E-state index is 13.1. The van der Waals surface area contributed by atoms with Crippen LogP contribution in [-0.4, -0.2) is 31.1 Å². The molecule has 4 rings (SSSR count). The van der Waals surface area contributed by atoms with E-state index in [1.54, 1.807) is 19.2 Å². The monoisotopic (exact) mass is 457 g/mol. The number of aryl methyl sites for hydroxylation is 1. The van der Waals surface area contributed by atoms with Crippen LogP contribution in [0.25, 0.3) is 0 Å². The number of nitrogens with one attached hydrogen (secondary N) is 1. The summed E-state index contributed by atoms with van der Waals surface area (Å²) < 4.78 is 17.2. The summed E-state index contributed by atoms with van der Waals surface area (Å²) in [4.78, 5) is 31.4. The molecule has 0 saturated carbocycles. The number of anilines is 2. The molecule has 0 saturated heterocycles. The summed E-state index contributed by atoms with van der Waals surface area (Å²) >= 11 is 4.57. The number of rotatable bonds is 4. The van der Waals surface area contributed by atoms with Gasteiger partial charge in [0.25, 0.3) is 17.8 Å². The van der Waals surface area contributed by atoms with E-state index in [9.17, 15) is 14.1 Å². The number of nitrogens with zero attached hydrogens (tertiary/aromatic N) is 4. The standard InChI is InChI=1S/C21H20ClN5O3S/c1-21(2,3)12-5-7-13(8-6-12)31(30)25-15-10-9-14(22)16-17(15)19(29)27(18(16)28)20-23-11-26(4)24-20/h5-11,25H,1-4H3. The Morgan fingerprint density at radius 1 is 1.03 bits per heavy atom. The van der Waals surface area contributed by atoms with Crippen molar-refractivity contribution in [2.75, 3.05) is 9.62 Å². The Labute approximate surface area is 187 Å². The third-order valence-electron chi connectivity index (χ3n) is 4.91. The quantitative estimate of drug-likeness (QED) is 0.473. The molecule has 0 radical (unpaired) electrons. The first-order valence-electron chi connectivity index (χ1n) is 9.44. The second kappa shape index (κ2) is 7.67. The molecule has 0 aliphatic carbocycles. The Hall–Kier alpha value is -2.88. The van der Waals surface area contributed by atoms with Crippen LogP contribution < -0.4 is 9.62 Å². The fourth-order valence-corrected chi connectivity index (χ4v) is 4.37. The third kappa shape index (κ3) is 3.80. The van der Waals surface area contributed by atoms with Gasteiger partial charge in [0.2, 0.25) is 0 Å². The lowest BCUT2D eigenvalue weighted by Crippen LogP contribution is -2.30. The maximum Gasteiger partial charge on any atom is 0.270 e. The molecule has 2 heterocycles. The lowest BCUT2D eigenvalue weighted by molar-refractivity contribution is 0.0924. The molecule has 1 aromatic heterocycles. The topological polar surface area (TPSA) is 103 Å². The van der Waals surface area contributed by atoms with Crippen LogP contribution >= 0.6 is 11.6 Å². The molecule has 2 amide bonds. The summed E-state index contributed by atoms with van der Waals surface area (Å²) in [6.07, 6.45) is 1.38. The van der Waals surface area contributed by atoms with E-state index < -0.39 is 23.2 Å². The first kappa shape index (κ1) is 21.4. The molecule has 0 fully saturated rings. The van der Waals surface area contributed by atoms with Crippen molar-refractivity contribution in [3.63, 3.8) is 0 Å². The first-order chi connectivity index (χ1) is 14.6. The number of aromatic nitrogens is 3. The highest BCUT2D eigenvalue weighted by atomic mass is 35.5. The molecule has 31 heavy (non-hydrogen) atoms. The minimum Gasteiger partial charge on any atom is -0.588 e. The summed E-state index contributed by atoms with van der Waals surface area (Å²) in [6.45, 7) is 6.29. The van der Waals surface area contributed by atoms with Crippen molar-refractivity contribution < 1.29 is 14.1 Å². The van der Waals surface area contributed by atoms with Gasteiger partial charge in [0.15, 0.2) is 4.90 Å². The van der Waals surface area contributed by atoms with Crippen molar-refractivity contribution in [1.82, 2.24) is 14.8 Å². The van der Waals surface area contributed by atoms with Crippen LogP contribution in [0.1, 0.15) is 47.1 Å². The van der Waals surface area contributed by atoms with E-state index in [0.717, 1.165) is 10.5 Å². The number of halogens is 1. The molecule has 2 aromatic carbocycles. The molecule has 0 spiro atoms. The van der Waals surface area contributed by atoms with Gasteiger partial charge < -0.3 is 4.55 Å². The predicted molar refractivity (Wildman–Crippen MR) is 119 cm³/mol. The molecule has 10 heteroatoms. The molecule has 1 atom stereocenters. The van der Waals surface area contributed by atoms with Crippen molar-refractivity contribution in [3.8, 4) is 0 Å². The largest absolute Gasteiger partial charge is 0.588 e. The number of carbonyl (C=O) groups is 2. The summed E-state index contributed by atoms with van der Waals surface area (Å²) in [5, 5.41) is 4.16. The smallest absolute Gasteiger partial charge is 0.270 e. The highest BCUT2D eigenvalue weighted by Crippen LogP contribution is 2.37. The Morgan fingerprint density at radius 3 is 2.26 bits per heavy atom. The van der Waals surface area contributed by atoms with Crippen LogP contribution in [0.5, 0.6) is 0 Å². The average molecular weight is 458 g/mol. The zero-order valence-corrected chi connectivity index (χ0v) is 18.9. The van der Waals surface area contributed by atoms with Crippen LogP contribution in [0.2, 0.25) is 5.02 Å². The zero-order valence-electron chi connectivity index (χ0n) is 17.3. The minimum atomic E-state index is -1.66. The van der Waals surface area contributed by atoms with Gasteiger partial charge in [0.05, 0.1) is 21.8 Å². The molecular weight excluding hydrogens is 438 g/mol. The summed E-state index contributed by atoms with van der Waals surface area (Å²) in [6, 6.07) is 10.4. The van der Waals surface area contributed by atoms with E-state index in [4.69, 9.17) is 11.6 Å². The minimum absolute atomic E-state index is 0.0276. The highest BCUT2D eigenvalue weighted by Gasteiger charge is 2.43. The van der Waals surface area contributed by atoms with Crippen molar-refractivity contribution in [2.45, 2.75) is 31.1 Å². The molecule has 3 aromatic rings. The van der Waals surface area contributed by atoms with Gasteiger partial charge in [-0.15, -0.1) is 5.10 Å². The second-order valence-electron chi connectivity index (χ2n) is 8.15. The molecule has 8 nitrogen and oxygen atoms in total. The normalized spacial score (nSPS) is 14.7. The van der Waals surface area contributed by atoms with Crippen molar-refractivity contribution in [2.24, 2.45) is 7.05 Å². The third-order valence-corrected chi connectivity index (χ3v) is 6.33. The fourth-order valence-electron chi connectivity index (χ4n) is 3.26. The molecule has 1 aliphatic rings. The lowest BCUT2D eigenvalue weighted by atomic mass is 9.87. The number of amides is 2. The van der Waals surface area contributed by atoms with E-state index in [0.29, 0.717) is 4.90 Å². The van der Waals surface area contributed by atoms with Crippen LogP contribution in [-0.2, 0) is 23.8 Å². The van der Waals surface area contributed by atoms with Crippen molar-refractivity contribution in [3.05, 3.63) is 64.4 Å². The fraction of sp³-hybridized carbons (Fsp3) is 0.238. The molecule has 160 valence electrons. The van der Waals surface area contributed by atoms with Gasteiger partial charge in [-0.25, -0.2) is 9.62 Å². The summed E-state index contributed by atoms with van der Waals surface area (Å²) in [5.41, 5.74) is 1.41. The number of hydrogen-bond acceptors (Lipinski definition) is 6. The van der Waals surface area contributed by atoms with Crippen molar-refractivity contribution in [1.29, 1.82) is 0 Å². The van der Waals surface area contributed by atoms with E-state index in [-0.39, 0.29) is 33.2 Å². The molecular formula is C21H20ClN5O3S. The van der Waals surface area contributed by atoms with Crippen LogP contribution in [0.15, 0.2) is 47.6 Å². The summed E-state index contributed by atoms with van der Waals surface area (Å²) in [5.74, 6) is -1.30. The van der Waals surface area contributed by atoms with E-state index >= 15 is 0 Å². The van der Waals surface area contributed by atoms with E-state index in [2.05, 4.69) is 35.6 Å². The Morgan fingerprint density at radius 2 is 1.68 bits per heavy atom. The lowest BCUT2D eigenvalue weighted by Gasteiger charge is -2.19. The Balaban J connectivity index is 1.67. The maximum absolute atomic E-state index is 13.1. The average Bonchev–Trinajstić information content (AvgIpc) is 3.24. The van der Waals surface area contributed by atoms with Crippen molar-refractivity contribution >= 4 is 46.4 Å². The van der Waals surface area contributed by atoms with Crippen LogP contribution in [0, 0.1) is 0 Å². The van der Waals surface area contributed by atoms with Gasteiger partial charge in [-0.1, -0.05) is 44.5 Å². The Kier molecular flexibility index (Phi) is 5.28. The summed E-state index contributed by atoms with van der Waals surface area (Å²) in [7, 11) is 1.63. The number of hydrogen-bond donors (Lipinski definition) is 1. The van der Waals surface area contributed by atoms with Crippen LogP contribution in [0.4, 0.5) is 11.6 Å². The molecule has 1 N–H and O–H groups in total. The van der Waals surface area contributed by atoms with Gasteiger partial charge in [0, 0.05) is 7.05 Å². The number of imide groups is 1. The van der Waals surface area contributed by atoms with Gasteiger partial charge in [-0.05, 0) is 35.2 Å². The van der Waals surface area contributed by atoms with Gasteiger partial charge in [0.1, 0.15) is 17.7 Å². The number of benzene rings is 2. The number of carbonyl (C=O) groups excluding carboxylic acids is 2. The highest BCUT2D eigenvalue weighted by molar-refractivity contribution is 7.92. The van der Waals surface area contributed by atoms with E-state index in [1.807, 2.05) is 12.1 Å². The van der Waals surface area contributed by atoms with Gasteiger partial charge in [-0.2, -0.15) is 4.98 Å². The Bertz CT molecular complexity index is 1190. The predicted octanol–water partition coefficient (Wildman–Crippen LogP) is 3.70. The first-order valence-corrected chi connectivity index (χ1v) is 11.0. The van der Waals surface area contributed by atoms with Gasteiger partial charge >= 0.3 is 0 Å².